The Kier molecular flexibility index (Phi) is 5.95. The summed E-state index contributed by atoms with van der Waals surface area (Å²) in [5.41, 5.74) is 6.19. The van der Waals surface area contributed by atoms with Crippen molar-refractivity contribution < 1.29 is 14.3 Å². The third-order valence-corrected chi connectivity index (χ3v) is 4.18. The molecular formula is C17H24N2O3. The van der Waals surface area contributed by atoms with Gasteiger partial charge in [0.1, 0.15) is 0 Å². The molecular weight excluding hydrogens is 280 g/mol. The summed E-state index contributed by atoms with van der Waals surface area (Å²) < 4.78 is 5.15. The number of nitrogens with two attached hydrogens (primary N) is 1. The molecule has 1 atom stereocenters. The number of ether oxygens (including phenoxy) is 1. The monoisotopic (exact) mass is 304 g/mol. The number of likely N-dealkylation sites (tertiary alicyclic amines) is 1. The molecule has 2 rings (SSSR count). The van der Waals surface area contributed by atoms with Crippen molar-refractivity contribution in [2.45, 2.75) is 25.7 Å². The summed E-state index contributed by atoms with van der Waals surface area (Å²) in [7, 11) is 1.70. The number of primary amides is 1. The summed E-state index contributed by atoms with van der Waals surface area (Å²) in [6, 6.07) is 6.65. The normalized spacial score (nSPS) is 18.8. The number of nitrogens with zero attached hydrogens (tertiary/aromatic N) is 1. The Morgan fingerprint density at radius 3 is 2.82 bits per heavy atom. The van der Waals surface area contributed by atoms with Crippen molar-refractivity contribution >= 4 is 11.8 Å². The lowest BCUT2D eigenvalue weighted by Crippen LogP contribution is -2.35. The van der Waals surface area contributed by atoms with E-state index in [1.165, 1.54) is 0 Å². The molecule has 2 N–H and O–H groups in total. The van der Waals surface area contributed by atoms with E-state index in [0.717, 1.165) is 45.4 Å². The van der Waals surface area contributed by atoms with E-state index in [2.05, 4.69) is 0 Å². The Morgan fingerprint density at radius 1 is 1.32 bits per heavy atom. The number of rotatable bonds is 5. The Hall–Kier alpha value is -1.88. The minimum atomic E-state index is -0.511. The second-order valence-electron chi connectivity index (χ2n) is 5.84. The second-order valence-corrected chi connectivity index (χ2v) is 5.84. The third-order valence-electron chi connectivity index (χ3n) is 4.18. The fourth-order valence-electron chi connectivity index (χ4n) is 2.92. The molecule has 1 aliphatic rings. The Morgan fingerprint density at radius 2 is 2.09 bits per heavy atom. The van der Waals surface area contributed by atoms with Crippen LogP contribution in [0.15, 0.2) is 24.3 Å². The maximum Gasteiger partial charge on any atom is 0.253 e. The molecule has 1 fully saturated rings. The van der Waals surface area contributed by atoms with Gasteiger partial charge >= 0.3 is 0 Å². The van der Waals surface area contributed by atoms with Gasteiger partial charge in [0.15, 0.2) is 0 Å². The Labute approximate surface area is 131 Å². The average Bonchev–Trinajstić information content (AvgIpc) is 2.78. The topological polar surface area (TPSA) is 72.6 Å². The van der Waals surface area contributed by atoms with Gasteiger partial charge in [0.25, 0.3) is 5.91 Å². The largest absolute Gasteiger partial charge is 0.385 e. The molecule has 0 aliphatic carbocycles. The second kappa shape index (κ2) is 7.94. The van der Waals surface area contributed by atoms with Crippen molar-refractivity contribution in [3.63, 3.8) is 0 Å². The van der Waals surface area contributed by atoms with Crippen molar-refractivity contribution in [3.8, 4) is 0 Å². The van der Waals surface area contributed by atoms with Crippen LogP contribution in [0.1, 0.15) is 46.4 Å². The van der Waals surface area contributed by atoms with E-state index in [0.29, 0.717) is 17.0 Å². The van der Waals surface area contributed by atoms with E-state index in [4.69, 9.17) is 10.5 Å². The molecule has 1 aromatic carbocycles. The van der Waals surface area contributed by atoms with E-state index in [-0.39, 0.29) is 5.91 Å². The van der Waals surface area contributed by atoms with Gasteiger partial charge in [-0.3, -0.25) is 9.59 Å². The molecule has 1 unspecified atom stereocenters. The summed E-state index contributed by atoms with van der Waals surface area (Å²) in [6.45, 7) is 2.25. The smallest absolute Gasteiger partial charge is 0.253 e. The highest BCUT2D eigenvalue weighted by atomic mass is 16.5. The van der Waals surface area contributed by atoms with E-state index in [1.54, 1.807) is 31.4 Å². The third kappa shape index (κ3) is 4.31. The zero-order valence-corrected chi connectivity index (χ0v) is 13.1. The van der Waals surface area contributed by atoms with Gasteiger partial charge in [-0.2, -0.15) is 0 Å². The minimum absolute atomic E-state index is 0.0209. The molecule has 0 saturated carbocycles. The van der Waals surface area contributed by atoms with Crippen LogP contribution in [0, 0.1) is 5.92 Å². The highest BCUT2D eigenvalue weighted by molar-refractivity contribution is 5.99. The molecule has 5 nitrogen and oxygen atoms in total. The number of hydrogen-bond acceptors (Lipinski definition) is 3. The van der Waals surface area contributed by atoms with Gasteiger partial charge in [-0.15, -0.1) is 0 Å². The molecule has 0 aromatic heterocycles. The van der Waals surface area contributed by atoms with Gasteiger partial charge in [0.2, 0.25) is 5.91 Å². The highest BCUT2D eigenvalue weighted by Crippen LogP contribution is 2.21. The molecule has 0 bridgehead atoms. The number of methoxy groups -OCH3 is 1. The van der Waals surface area contributed by atoms with Crippen LogP contribution in [-0.4, -0.2) is 43.5 Å². The van der Waals surface area contributed by atoms with Gasteiger partial charge in [-0.1, -0.05) is 12.5 Å². The van der Waals surface area contributed by atoms with Crippen LogP contribution in [0.3, 0.4) is 0 Å². The van der Waals surface area contributed by atoms with Crippen LogP contribution >= 0.6 is 0 Å². The van der Waals surface area contributed by atoms with Gasteiger partial charge in [-0.25, -0.2) is 0 Å². The molecule has 0 spiro atoms. The quantitative estimate of drug-likeness (QED) is 0.905. The van der Waals surface area contributed by atoms with E-state index in [9.17, 15) is 9.59 Å². The van der Waals surface area contributed by atoms with Crippen LogP contribution in [0.25, 0.3) is 0 Å². The number of amides is 2. The summed E-state index contributed by atoms with van der Waals surface area (Å²) in [5, 5.41) is 0. The SMILES string of the molecule is COCCC1CCCCN(C(=O)c2cccc(C(N)=O)c2)C1. The molecule has 1 heterocycles. The predicted octanol–water partition coefficient (Wildman–Crippen LogP) is 2.06. The van der Waals surface area contributed by atoms with Crippen LogP contribution in [0.5, 0.6) is 0 Å². The first-order chi connectivity index (χ1) is 10.6. The molecule has 120 valence electrons. The van der Waals surface area contributed by atoms with Crippen molar-refractivity contribution in [2.24, 2.45) is 11.7 Å². The average molecular weight is 304 g/mol. The van der Waals surface area contributed by atoms with Crippen molar-refractivity contribution in [2.75, 3.05) is 26.8 Å². The van der Waals surface area contributed by atoms with E-state index >= 15 is 0 Å². The maximum absolute atomic E-state index is 12.7. The molecule has 0 radical (unpaired) electrons. The van der Waals surface area contributed by atoms with Gasteiger partial charge < -0.3 is 15.4 Å². The van der Waals surface area contributed by atoms with Crippen molar-refractivity contribution in [3.05, 3.63) is 35.4 Å². The molecule has 1 aromatic rings. The first-order valence-corrected chi connectivity index (χ1v) is 7.80. The standard InChI is InChI=1S/C17H24N2O3/c1-22-10-8-13-5-2-3-9-19(12-13)17(21)15-7-4-6-14(11-15)16(18)20/h4,6-7,11,13H,2-3,5,8-10,12H2,1H3,(H2,18,20). The van der Waals surface area contributed by atoms with Crippen LogP contribution in [0.4, 0.5) is 0 Å². The van der Waals surface area contributed by atoms with Gasteiger partial charge in [0.05, 0.1) is 0 Å². The van der Waals surface area contributed by atoms with E-state index in [1.807, 2.05) is 4.90 Å². The van der Waals surface area contributed by atoms with Crippen molar-refractivity contribution in [1.82, 2.24) is 4.90 Å². The van der Waals surface area contributed by atoms with E-state index < -0.39 is 5.91 Å². The molecule has 1 saturated heterocycles. The van der Waals surface area contributed by atoms with Gasteiger partial charge in [0, 0.05) is 37.9 Å². The zero-order valence-electron chi connectivity index (χ0n) is 13.1. The number of hydrogen-bond donors (Lipinski definition) is 1. The van der Waals surface area contributed by atoms with Crippen LogP contribution in [0.2, 0.25) is 0 Å². The summed E-state index contributed by atoms with van der Waals surface area (Å²) >= 11 is 0. The van der Waals surface area contributed by atoms with Crippen LogP contribution < -0.4 is 5.73 Å². The molecule has 2 amide bonds. The summed E-state index contributed by atoms with van der Waals surface area (Å²) in [5.74, 6) is -0.0540. The molecule has 1 aliphatic heterocycles. The highest BCUT2D eigenvalue weighted by Gasteiger charge is 2.23. The predicted molar refractivity (Wildman–Crippen MR) is 84.7 cm³/mol. The van der Waals surface area contributed by atoms with Crippen molar-refractivity contribution in [1.29, 1.82) is 0 Å². The first kappa shape index (κ1) is 16.5. The molecule has 5 heteroatoms. The zero-order chi connectivity index (χ0) is 15.9. The summed E-state index contributed by atoms with van der Waals surface area (Å²) in [4.78, 5) is 25.8. The fraction of sp³-hybridized carbons (Fsp3) is 0.529. The number of carbonyl (C=O) groups is 2. The lowest BCUT2D eigenvalue weighted by molar-refractivity contribution is 0.0728. The van der Waals surface area contributed by atoms with Crippen LogP contribution in [-0.2, 0) is 4.74 Å². The summed E-state index contributed by atoms with van der Waals surface area (Å²) in [6.07, 6.45) is 4.26. The van der Waals surface area contributed by atoms with Gasteiger partial charge in [-0.05, 0) is 43.4 Å². The maximum atomic E-state index is 12.7. The first-order valence-electron chi connectivity index (χ1n) is 7.80. The number of carbonyl (C=O) groups excluding carboxylic acids is 2. The minimum Gasteiger partial charge on any atom is -0.385 e. The lowest BCUT2D eigenvalue weighted by atomic mass is 10.00. The Bertz CT molecular complexity index is 530. The Balaban J connectivity index is 2.09. The lowest BCUT2D eigenvalue weighted by Gasteiger charge is -2.24. The molecule has 22 heavy (non-hydrogen) atoms. The fourth-order valence-corrected chi connectivity index (χ4v) is 2.92. The number of benzene rings is 1.